The van der Waals surface area contributed by atoms with Gasteiger partial charge in [-0.1, -0.05) is 12.1 Å². The number of rotatable bonds is 4. The molecule has 2 aromatic carbocycles. The van der Waals surface area contributed by atoms with E-state index in [1.807, 2.05) is 29.2 Å². The molecule has 0 bridgehead atoms. The lowest BCUT2D eigenvalue weighted by atomic mass is 10.1. The van der Waals surface area contributed by atoms with E-state index in [2.05, 4.69) is 39.0 Å². The molecular weight excluding hydrogens is 315 g/mol. The summed E-state index contributed by atoms with van der Waals surface area (Å²) in [6, 6.07) is 15.4. The second-order valence-electron chi connectivity index (χ2n) is 6.38. The van der Waals surface area contributed by atoms with Gasteiger partial charge in [-0.15, -0.1) is 0 Å². The largest absolute Gasteiger partial charge is 0.369 e. The molecule has 0 aliphatic carbocycles. The van der Waals surface area contributed by atoms with Crippen LogP contribution in [0.25, 0.3) is 5.69 Å². The SMILES string of the molecule is Fc1ccc(N2CCN(Cc3ccc(-n4ccnc4)cc3)CC2)cc1. The molecule has 0 radical (unpaired) electrons. The van der Waals surface area contributed by atoms with Crippen LogP contribution in [0.1, 0.15) is 5.56 Å². The number of hydrogen-bond donors (Lipinski definition) is 0. The van der Waals surface area contributed by atoms with E-state index in [1.54, 1.807) is 6.20 Å². The lowest BCUT2D eigenvalue weighted by Gasteiger charge is -2.36. The third kappa shape index (κ3) is 3.72. The summed E-state index contributed by atoms with van der Waals surface area (Å²) >= 11 is 0. The lowest BCUT2D eigenvalue weighted by molar-refractivity contribution is 0.250. The molecule has 1 fully saturated rings. The van der Waals surface area contributed by atoms with Crippen molar-refractivity contribution in [2.24, 2.45) is 0 Å². The standard InChI is InChI=1S/C20H21FN4/c21-18-3-7-19(8-4-18)24-13-11-23(12-14-24)15-17-1-5-20(6-2-17)25-10-9-22-16-25/h1-10,16H,11-15H2. The number of hydrogen-bond acceptors (Lipinski definition) is 3. The monoisotopic (exact) mass is 336 g/mol. The zero-order valence-corrected chi connectivity index (χ0v) is 14.1. The van der Waals surface area contributed by atoms with Crippen molar-refractivity contribution >= 4 is 5.69 Å². The van der Waals surface area contributed by atoms with Gasteiger partial charge in [0.25, 0.3) is 0 Å². The Morgan fingerprint density at radius 3 is 2.16 bits per heavy atom. The Morgan fingerprint density at radius 1 is 0.840 bits per heavy atom. The van der Waals surface area contributed by atoms with Gasteiger partial charge in [-0.25, -0.2) is 9.37 Å². The van der Waals surface area contributed by atoms with Crippen molar-refractivity contribution in [2.45, 2.75) is 6.54 Å². The van der Waals surface area contributed by atoms with Gasteiger partial charge in [0.05, 0.1) is 6.33 Å². The molecule has 2 heterocycles. The fourth-order valence-corrected chi connectivity index (χ4v) is 3.26. The van der Waals surface area contributed by atoms with Crippen LogP contribution >= 0.6 is 0 Å². The van der Waals surface area contributed by atoms with Gasteiger partial charge >= 0.3 is 0 Å². The van der Waals surface area contributed by atoms with E-state index in [0.717, 1.165) is 44.1 Å². The van der Waals surface area contributed by atoms with E-state index < -0.39 is 0 Å². The number of aromatic nitrogens is 2. The molecule has 3 aromatic rings. The Morgan fingerprint density at radius 2 is 1.52 bits per heavy atom. The topological polar surface area (TPSA) is 24.3 Å². The molecule has 1 aliphatic rings. The number of piperazine rings is 1. The van der Waals surface area contributed by atoms with Crippen molar-refractivity contribution in [3.8, 4) is 5.69 Å². The van der Waals surface area contributed by atoms with E-state index in [-0.39, 0.29) is 5.82 Å². The summed E-state index contributed by atoms with van der Waals surface area (Å²) in [5.74, 6) is -0.179. The first-order valence-electron chi connectivity index (χ1n) is 8.58. The van der Waals surface area contributed by atoms with Crippen molar-refractivity contribution in [3.05, 3.63) is 78.6 Å². The highest BCUT2D eigenvalue weighted by molar-refractivity contribution is 5.46. The lowest BCUT2D eigenvalue weighted by Crippen LogP contribution is -2.45. The maximum Gasteiger partial charge on any atom is 0.123 e. The van der Waals surface area contributed by atoms with Crippen LogP contribution in [-0.2, 0) is 6.54 Å². The van der Waals surface area contributed by atoms with Gasteiger partial charge in [0, 0.05) is 56.5 Å². The number of benzene rings is 2. The van der Waals surface area contributed by atoms with Crippen LogP contribution in [0.3, 0.4) is 0 Å². The second-order valence-corrected chi connectivity index (χ2v) is 6.38. The Kier molecular flexibility index (Phi) is 4.48. The van der Waals surface area contributed by atoms with Crippen molar-refractivity contribution in [2.75, 3.05) is 31.1 Å². The molecule has 4 rings (SSSR count). The molecule has 0 atom stereocenters. The Bertz CT molecular complexity index is 789. The van der Waals surface area contributed by atoms with Gasteiger partial charge in [0.1, 0.15) is 5.82 Å². The zero-order chi connectivity index (χ0) is 17.1. The highest BCUT2D eigenvalue weighted by Gasteiger charge is 2.17. The van der Waals surface area contributed by atoms with Gasteiger partial charge in [0.15, 0.2) is 0 Å². The highest BCUT2D eigenvalue weighted by atomic mass is 19.1. The maximum atomic E-state index is 13.0. The number of nitrogens with zero attached hydrogens (tertiary/aromatic N) is 4. The molecule has 1 aliphatic heterocycles. The third-order valence-electron chi connectivity index (χ3n) is 4.71. The normalized spacial score (nSPS) is 15.5. The summed E-state index contributed by atoms with van der Waals surface area (Å²) in [5.41, 5.74) is 3.55. The van der Waals surface area contributed by atoms with Gasteiger partial charge in [0.2, 0.25) is 0 Å². The molecule has 1 saturated heterocycles. The quantitative estimate of drug-likeness (QED) is 0.730. The van der Waals surface area contributed by atoms with Crippen LogP contribution in [0.5, 0.6) is 0 Å². The molecule has 0 unspecified atom stereocenters. The minimum Gasteiger partial charge on any atom is -0.369 e. The summed E-state index contributed by atoms with van der Waals surface area (Å²) in [7, 11) is 0. The van der Waals surface area contributed by atoms with E-state index in [9.17, 15) is 4.39 Å². The Labute approximate surface area is 147 Å². The van der Waals surface area contributed by atoms with E-state index in [4.69, 9.17) is 0 Å². The average Bonchev–Trinajstić information content (AvgIpc) is 3.19. The Balaban J connectivity index is 1.33. The minimum atomic E-state index is -0.179. The fraction of sp³-hybridized carbons (Fsp3) is 0.250. The second kappa shape index (κ2) is 7.07. The van der Waals surface area contributed by atoms with E-state index in [1.165, 1.54) is 17.7 Å². The fourth-order valence-electron chi connectivity index (χ4n) is 3.26. The summed E-state index contributed by atoms with van der Waals surface area (Å²) in [5, 5.41) is 0. The molecule has 0 amide bonds. The molecular formula is C20H21FN4. The van der Waals surface area contributed by atoms with Crippen molar-refractivity contribution in [1.29, 1.82) is 0 Å². The highest BCUT2D eigenvalue weighted by Crippen LogP contribution is 2.18. The van der Waals surface area contributed by atoms with Gasteiger partial charge in [-0.3, -0.25) is 4.90 Å². The summed E-state index contributed by atoms with van der Waals surface area (Å²) < 4.78 is 15.0. The summed E-state index contributed by atoms with van der Waals surface area (Å²) in [6.45, 7) is 4.93. The van der Waals surface area contributed by atoms with Crippen LogP contribution in [0, 0.1) is 5.82 Å². The Hall–Kier alpha value is -2.66. The zero-order valence-electron chi connectivity index (χ0n) is 14.1. The van der Waals surface area contributed by atoms with Crippen LogP contribution in [0.15, 0.2) is 67.3 Å². The smallest absolute Gasteiger partial charge is 0.123 e. The first kappa shape index (κ1) is 15.8. The minimum absolute atomic E-state index is 0.179. The number of anilines is 1. The number of halogens is 1. The van der Waals surface area contributed by atoms with Crippen LogP contribution in [-0.4, -0.2) is 40.6 Å². The van der Waals surface area contributed by atoms with Gasteiger partial charge in [-0.2, -0.15) is 0 Å². The average molecular weight is 336 g/mol. The van der Waals surface area contributed by atoms with Gasteiger partial charge < -0.3 is 9.47 Å². The number of imidazole rings is 1. The molecule has 1 aromatic heterocycles. The van der Waals surface area contributed by atoms with E-state index >= 15 is 0 Å². The molecule has 0 N–H and O–H groups in total. The molecule has 25 heavy (non-hydrogen) atoms. The molecule has 4 nitrogen and oxygen atoms in total. The van der Waals surface area contributed by atoms with Crippen LogP contribution in [0.2, 0.25) is 0 Å². The van der Waals surface area contributed by atoms with Crippen LogP contribution < -0.4 is 4.90 Å². The summed E-state index contributed by atoms with van der Waals surface area (Å²) in [6.07, 6.45) is 5.54. The first-order chi connectivity index (χ1) is 12.3. The van der Waals surface area contributed by atoms with Crippen molar-refractivity contribution in [3.63, 3.8) is 0 Å². The van der Waals surface area contributed by atoms with Crippen molar-refractivity contribution < 1.29 is 4.39 Å². The van der Waals surface area contributed by atoms with E-state index in [0.29, 0.717) is 0 Å². The van der Waals surface area contributed by atoms with Gasteiger partial charge in [-0.05, 0) is 42.0 Å². The molecule has 128 valence electrons. The first-order valence-corrected chi connectivity index (χ1v) is 8.58. The van der Waals surface area contributed by atoms with Crippen LogP contribution in [0.4, 0.5) is 10.1 Å². The molecule has 0 saturated carbocycles. The molecule has 5 heteroatoms. The summed E-state index contributed by atoms with van der Waals surface area (Å²) in [4.78, 5) is 8.86. The van der Waals surface area contributed by atoms with Crippen molar-refractivity contribution in [1.82, 2.24) is 14.5 Å². The maximum absolute atomic E-state index is 13.0. The molecule has 0 spiro atoms. The predicted octanol–water partition coefficient (Wildman–Crippen LogP) is 3.33. The predicted molar refractivity (Wildman–Crippen MR) is 97.5 cm³/mol. The third-order valence-corrected chi connectivity index (χ3v) is 4.71.